The van der Waals surface area contributed by atoms with Gasteiger partial charge in [-0.1, -0.05) is 13.7 Å². The Balaban J connectivity index is 2.45. The first-order valence-corrected chi connectivity index (χ1v) is 5.27. The predicted octanol–water partition coefficient (Wildman–Crippen LogP) is -1.16. The highest BCUT2D eigenvalue weighted by Gasteiger charge is 2.36. The summed E-state index contributed by atoms with van der Waals surface area (Å²) in [6.45, 7) is 8.17. The van der Waals surface area contributed by atoms with E-state index in [1.165, 1.54) is 0 Å². The van der Waals surface area contributed by atoms with Crippen LogP contribution in [-0.2, 0) is 4.65 Å². The van der Waals surface area contributed by atoms with Crippen LogP contribution in [0.15, 0.2) is 0 Å². The van der Waals surface area contributed by atoms with Crippen LogP contribution >= 0.6 is 0 Å². The molecule has 0 spiro atoms. The molecule has 1 rings (SSSR count). The van der Waals surface area contributed by atoms with Crippen molar-refractivity contribution in [1.82, 2.24) is 20.2 Å². The molecule has 14 heavy (non-hydrogen) atoms. The van der Waals surface area contributed by atoms with Crippen LogP contribution < -0.4 is 15.4 Å². The minimum atomic E-state index is -0.0600. The summed E-state index contributed by atoms with van der Waals surface area (Å²) in [5.74, 6) is 0. The van der Waals surface area contributed by atoms with Gasteiger partial charge < -0.3 is 24.9 Å². The molecule has 3 N–H and O–H groups in total. The fourth-order valence-electron chi connectivity index (χ4n) is 1.45. The van der Waals surface area contributed by atoms with E-state index in [-0.39, 0.29) is 21.3 Å². The molecule has 78 valence electrons. The molecule has 0 saturated carbocycles. The van der Waals surface area contributed by atoms with Crippen LogP contribution in [0, 0.1) is 0 Å². The Morgan fingerprint density at radius 3 is 2.50 bits per heavy atom. The van der Waals surface area contributed by atoms with E-state index in [9.17, 15) is 0 Å². The van der Waals surface area contributed by atoms with E-state index in [2.05, 4.69) is 41.0 Å². The molecule has 0 atom stereocenters. The Labute approximate surface area is 87.7 Å². The van der Waals surface area contributed by atoms with E-state index in [0.29, 0.717) is 6.61 Å². The highest BCUT2D eigenvalue weighted by atomic mass is 16.4. The molecule has 0 amide bonds. The molecular formula is C6H19B3N4O. The normalized spacial score (nSPS) is 18.2. The summed E-state index contributed by atoms with van der Waals surface area (Å²) in [5.41, 5.74) is 0. The Kier molecular flexibility index (Phi) is 4.98. The Hall–Kier alpha value is -0.00519. The van der Waals surface area contributed by atoms with Crippen molar-refractivity contribution >= 4 is 21.3 Å². The third kappa shape index (κ3) is 3.29. The standard InChI is InChI=1S/C6H19B3N4O/c1-5-13(4)8-10-7(3)11-9(12-8)14-6-2/h10-12H,5-6H2,1-4H3. The molecule has 1 saturated heterocycles. The van der Waals surface area contributed by atoms with Gasteiger partial charge in [-0.25, -0.2) is 0 Å². The van der Waals surface area contributed by atoms with Gasteiger partial charge in [0.2, 0.25) is 0 Å². The van der Waals surface area contributed by atoms with Crippen molar-refractivity contribution in [3.63, 3.8) is 0 Å². The fraction of sp³-hybridized carbons (Fsp3) is 1.00. The first-order valence-electron chi connectivity index (χ1n) is 5.27. The summed E-state index contributed by atoms with van der Waals surface area (Å²) in [4.78, 5) is 2.20. The van der Waals surface area contributed by atoms with Crippen LogP contribution in [0.2, 0.25) is 6.82 Å². The summed E-state index contributed by atoms with van der Waals surface area (Å²) < 4.78 is 5.49. The van der Waals surface area contributed by atoms with Crippen LogP contribution in [0.3, 0.4) is 0 Å². The number of hydrogen-bond acceptors (Lipinski definition) is 5. The lowest BCUT2D eigenvalue weighted by molar-refractivity contribution is 0.333. The average Bonchev–Trinajstić information content (AvgIpc) is 2.16. The van der Waals surface area contributed by atoms with E-state index < -0.39 is 0 Å². The number of rotatable bonds is 4. The van der Waals surface area contributed by atoms with Gasteiger partial charge in [-0.3, -0.25) is 0 Å². The first-order chi connectivity index (χ1) is 6.67. The highest BCUT2D eigenvalue weighted by molar-refractivity contribution is 6.83. The second-order valence-corrected chi connectivity index (χ2v) is 3.53. The smallest absolute Gasteiger partial charge is 0.410 e. The minimum Gasteiger partial charge on any atom is -0.410 e. The fourth-order valence-corrected chi connectivity index (χ4v) is 1.45. The summed E-state index contributed by atoms with van der Waals surface area (Å²) >= 11 is 0. The highest BCUT2D eigenvalue weighted by Crippen LogP contribution is 1.92. The number of nitrogens with zero attached hydrogens (tertiary/aromatic N) is 1. The summed E-state index contributed by atoms with van der Waals surface area (Å²) in [7, 11) is 2.19. The van der Waals surface area contributed by atoms with Gasteiger partial charge in [0.05, 0.1) is 0 Å². The van der Waals surface area contributed by atoms with Crippen molar-refractivity contribution in [1.29, 1.82) is 0 Å². The lowest BCUT2D eigenvalue weighted by Crippen LogP contribution is -2.78. The molecule has 8 heteroatoms. The van der Waals surface area contributed by atoms with E-state index in [0.717, 1.165) is 6.54 Å². The Bertz CT molecular complexity index is 175. The molecule has 1 aliphatic rings. The monoisotopic (exact) mass is 196 g/mol. The zero-order valence-corrected chi connectivity index (χ0v) is 9.50. The first kappa shape index (κ1) is 12.1. The van der Waals surface area contributed by atoms with Gasteiger partial charge >= 0.3 is 14.3 Å². The summed E-state index contributed by atoms with van der Waals surface area (Å²) in [6.07, 6.45) is 0. The van der Waals surface area contributed by atoms with E-state index in [4.69, 9.17) is 4.65 Å². The largest absolute Gasteiger partial charge is 0.453 e. The summed E-state index contributed by atoms with van der Waals surface area (Å²) in [5, 5.41) is 9.95. The van der Waals surface area contributed by atoms with Crippen LogP contribution in [0.4, 0.5) is 0 Å². The lowest BCUT2D eigenvalue weighted by atomic mass is 9.60. The van der Waals surface area contributed by atoms with Gasteiger partial charge in [-0.15, -0.1) is 0 Å². The molecule has 0 aliphatic carbocycles. The second-order valence-electron chi connectivity index (χ2n) is 3.53. The number of hydrogen-bond donors (Lipinski definition) is 3. The predicted molar refractivity (Wildman–Crippen MR) is 62.5 cm³/mol. The van der Waals surface area contributed by atoms with E-state index in [1.807, 2.05) is 6.92 Å². The zero-order chi connectivity index (χ0) is 10.6. The topological polar surface area (TPSA) is 48.6 Å². The maximum absolute atomic E-state index is 5.49. The zero-order valence-electron chi connectivity index (χ0n) is 9.50. The Morgan fingerprint density at radius 2 is 1.93 bits per heavy atom. The Morgan fingerprint density at radius 1 is 1.21 bits per heavy atom. The molecule has 0 aromatic rings. The van der Waals surface area contributed by atoms with Gasteiger partial charge in [0, 0.05) is 6.61 Å². The maximum atomic E-state index is 5.49. The van der Waals surface area contributed by atoms with Gasteiger partial charge in [-0.2, -0.15) is 0 Å². The van der Waals surface area contributed by atoms with Crippen molar-refractivity contribution in [2.75, 3.05) is 20.2 Å². The lowest BCUT2D eigenvalue weighted by Gasteiger charge is -2.34. The number of nitrogens with one attached hydrogen (secondary N) is 3. The van der Waals surface area contributed by atoms with Crippen molar-refractivity contribution < 1.29 is 4.65 Å². The molecule has 5 nitrogen and oxygen atoms in total. The molecular weight excluding hydrogens is 177 g/mol. The van der Waals surface area contributed by atoms with Gasteiger partial charge in [-0.05, 0) is 20.5 Å². The molecule has 1 aliphatic heterocycles. The molecule has 0 unspecified atom stereocenters. The second kappa shape index (κ2) is 5.77. The van der Waals surface area contributed by atoms with E-state index >= 15 is 0 Å². The van der Waals surface area contributed by atoms with Crippen LogP contribution in [-0.4, -0.2) is 46.3 Å². The third-order valence-corrected chi connectivity index (χ3v) is 2.39. The molecule has 0 radical (unpaired) electrons. The van der Waals surface area contributed by atoms with E-state index in [1.54, 1.807) is 0 Å². The third-order valence-electron chi connectivity index (χ3n) is 2.39. The van der Waals surface area contributed by atoms with Gasteiger partial charge in [0.15, 0.2) is 0 Å². The summed E-state index contributed by atoms with van der Waals surface area (Å²) in [6, 6.07) is 0. The van der Waals surface area contributed by atoms with Crippen molar-refractivity contribution in [2.24, 2.45) is 0 Å². The minimum absolute atomic E-state index is 0.0600. The van der Waals surface area contributed by atoms with Crippen LogP contribution in [0.25, 0.3) is 0 Å². The molecule has 0 bridgehead atoms. The van der Waals surface area contributed by atoms with Crippen LogP contribution in [0.5, 0.6) is 0 Å². The van der Waals surface area contributed by atoms with Gasteiger partial charge in [0.25, 0.3) is 6.98 Å². The molecule has 1 fully saturated rings. The maximum Gasteiger partial charge on any atom is 0.453 e. The van der Waals surface area contributed by atoms with Crippen molar-refractivity contribution in [2.45, 2.75) is 20.7 Å². The van der Waals surface area contributed by atoms with Gasteiger partial charge in [0.1, 0.15) is 0 Å². The quantitative estimate of drug-likeness (QED) is 0.495. The SMILES string of the molecule is CCOB1NB(C)NB(N(C)CC)N1. The van der Waals surface area contributed by atoms with Crippen LogP contribution in [0.1, 0.15) is 13.8 Å². The van der Waals surface area contributed by atoms with Crippen molar-refractivity contribution in [3.05, 3.63) is 0 Å². The molecule has 0 aromatic carbocycles. The molecule has 1 heterocycles. The molecule has 0 aromatic heterocycles. The van der Waals surface area contributed by atoms with Crippen molar-refractivity contribution in [3.8, 4) is 0 Å². The average molecular weight is 196 g/mol.